The summed E-state index contributed by atoms with van der Waals surface area (Å²) >= 11 is 0. The normalized spacial score (nSPS) is 13.9. The monoisotopic (exact) mass is 238 g/mol. The van der Waals surface area contributed by atoms with Crippen LogP contribution in [0.15, 0.2) is 24.3 Å². The summed E-state index contributed by atoms with van der Waals surface area (Å²) in [7, 11) is 2.93. The molecule has 0 aliphatic heterocycles. The molecule has 1 rings (SSSR count). The van der Waals surface area contributed by atoms with Crippen LogP contribution < -0.4 is 4.74 Å². The van der Waals surface area contributed by atoms with Crippen LogP contribution in [0, 0.1) is 0 Å². The summed E-state index contributed by atoms with van der Waals surface area (Å²) in [6.07, 6.45) is 0.145. The Morgan fingerprint density at radius 3 is 2.29 bits per heavy atom. The molecule has 4 nitrogen and oxygen atoms in total. The highest BCUT2D eigenvalue weighted by Crippen LogP contribution is 2.29. The summed E-state index contributed by atoms with van der Waals surface area (Å²) in [5, 5.41) is 9.47. The lowest BCUT2D eigenvalue weighted by molar-refractivity contribution is -0.142. The van der Waals surface area contributed by atoms with Gasteiger partial charge in [-0.3, -0.25) is 4.79 Å². The molecular weight excluding hydrogens is 220 g/mol. The Hall–Kier alpha value is -1.55. The summed E-state index contributed by atoms with van der Waals surface area (Å²) in [6.45, 7) is 1.71. The Bertz CT molecular complexity index is 372. The Balaban J connectivity index is 2.94. The first kappa shape index (κ1) is 13.5. The second-order valence-corrected chi connectivity index (χ2v) is 4.20. The molecule has 1 aromatic rings. The molecule has 0 spiro atoms. The first-order valence-electron chi connectivity index (χ1n) is 5.38. The van der Waals surface area contributed by atoms with Crippen molar-refractivity contribution in [2.75, 3.05) is 20.8 Å². The molecule has 0 fully saturated rings. The summed E-state index contributed by atoms with van der Waals surface area (Å²) in [5.41, 5.74) is 0.255. The van der Waals surface area contributed by atoms with Gasteiger partial charge in [0, 0.05) is 5.41 Å². The van der Waals surface area contributed by atoms with E-state index in [1.165, 1.54) is 7.11 Å². The van der Waals surface area contributed by atoms with Crippen LogP contribution in [0.1, 0.15) is 18.9 Å². The molecule has 1 N–H and O–H groups in total. The minimum atomic E-state index is -0.626. The highest BCUT2D eigenvalue weighted by atomic mass is 16.5. The minimum Gasteiger partial charge on any atom is -0.497 e. The Morgan fingerprint density at radius 2 is 1.88 bits per heavy atom. The van der Waals surface area contributed by atoms with E-state index in [0.29, 0.717) is 0 Å². The second-order valence-electron chi connectivity index (χ2n) is 4.20. The summed E-state index contributed by atoms with van der Waals surface area (Å²) in [5.74, 6) is 0.407. The SMILES string of the molecule is COC(=O)CC(C)(CO)c1ccc(OC)cc1. The molecule has 0 aromatic heterocycles. The number of benzene rings is 1. The van der Waals surface area contributed by atoms with Gasteiger partial charge in [0.15, 0.2) is 0 Å². The number of aliphatic hydroxyl groups excluding tert-OH is 1. The Kier molecular flexibility index (Phi) is 4.52. The number of hydrogen-bond acceptors (Lipinski definition) is 4. The molecule has 0 aliphatic carbocycles. The first-order chi connectivity index (χ1) is 8.05. The average Bonchev–Trinajstić information content (AvgIpc) is 2.38. The molecule has 0 aliphatic rings. The largest absolute Gasteiger partial charge is 0.497 e. The van der Waals surface area contributed by atoms with Crippen molar-refractivity contribution >= 4 is 5.97 Å². The van der Waals surface area contributed by atoms with Gasteiger partial charge >= 0.3 is 5.97 Å². The molecule has 1 atom stereocenters. The topological polar surface area (TPSA) is 55.8 Å². The zero-order chi connectivity index (χ0) is 12.9. The van der Waals surface area contributed by atoms with E-state index in [4.69, 9.17) is 4.74 Å². The molecule has 1 aromatic carbocycles. The molecule has 0 saturated heterocycles. The van der Waals surface area contributed by atoms with Gasteiger partial charge in [-0.2, -0.15) is 0 Å². The van der Waals surface area contributed by atoms with Gasteiger partial charge < -0.3 is 14.6 Å². The highest BCUT2D eigenvalue weighted by Gasteiger charge is 2.29. The van der Waals surface area contributed by atoms with Gasteiger partial charge in [0.2, 0.25) is 0 Å². The predicted octanol–water partition coefficient (Wildman–Crippen LogP) is 1.51. The van der Waals surface area contributed by atoms with Gasteiger partial charge in [0.05, 0.1) is 27.2 Å². The van der Waals surface area contributed by atoms with Gasteiger partial charge in [-0.1, -0.05) is 19.1 Å². The lowest BCUT2D eigenvalue weighted by Crippen LogP contribution is -2.30. The first-order valence-corrected chi connectivity index (χ1v) is 5.38. The van der Waals surface area contributed by atoms with Crippen LogP contribution in [0.25, 0.3) is 0 Å². The molecule has 0 bridgehead atoms. The van der Waals surface area contributed by atoms with E-state index in [2.05, 4.69) is 4.74 Å². The third-order valence-electron chi connectivity index (χ3n) is 2.90. The van der Waals surface area contributed by atoms with Crippen molar-refractivity contribution in [2.45, 2.75) is 18.8 Å². The third-order valence-corrected chi connectivity index (χ3v) is 2.90. The van der Waals surface area contributed by atoms with Crippen molar-refractivity contribution in [3.8, 4) is 5.75 Å². The predicted molar refractivity (Wildman–Crippen MR) is 64.1 cm³/mol. The third kappa shape index (κ3) is 3.20. The zero-order valence-corrected chi connectivity index (χ0v) is 10.4. The number of aliphatic hydroxyl groups is 1. The van der Waals surface area contributed by atoms with Crippen molar-refractivity contribution in [1.29, 1.82) is 0 Å². The highest BCUT2D eigenvalue weighted by molar-refractivity contribution is 5.71. The molecule has 0 radical (unpaired) electrons. The maximum atomic E-state index is 11.3. The lowest BCUT2D eigenvalue weighted by Gasteiger charge is -2.26. The van der Waals surface area contributed by atoms with Gasteiger partial charge in [0.1, 0.15) is 5.75 Å². The van der Waals surface area contributed by atoms with Crippen LogP contribution in [0.4, 0.5) is 0 Å². The zero-order valence-electron chi connectivity index (χ0n) is 10.4. The maximum absolute atomic E-state index is 11.3. The van der Waals surface area contributed by atoms with Crippen molar-refractivity contribution in [3.63, 3.8) is 0 Å². The van der Waals surface area contributed by atoms with E-state index in [-0.39, 0.29) is 19.0 Å². The molecular formula is C13H18O4. The second kappa shape index (κ2) is 5.68. The Morgan fingerprint density at radius 1 is 1.29 bits per heavy atom. The molecule has 0 saturated carbocycles. The number of hydrogen-bond donors (Lipinski definition) is 1. The Labute approximate surface area is 101 Å². The van der Waals surface area contributed by atoms with Crippen LogP contribution in [0.3, 0.4) is 0 Å². The standard InChI is InChI=1S/C13H18O4/c1-13(9-14,8-12(15)17-3)10-4-6-11(16-2)7-5-10/h4-7,14H,8-9H2,1-3H3. The van der Waals surface area contributed by atoms with Gasteiger partial charge in [-0.25, -0.2) is 0 Å². The van der Waals surface area contributed by atoms with Gasteiger partial charge in [-0.15, -0.1) is 0 Å². The number of carbonyl (C=O) groups excluding carboxylic acids is 1. The fourth-order valence-electron chi connectivity index (χ4n) is 1.63. The number of methoxy groups -OCH3 is 2. The average molecular weight is 238 g/mol. The van der Waals surface area contributed by atoms with Crippen LogP contribution in [-0.2, 0) is 14.9 Å². The molecule has 0 heterocycles. The summed E-state index contributed by atoms with van der Waals surface area (Å²) in [6, 6.07) is 7.30. The fourth-order valence-corrected chi connectivity index (χ4v) is 1.63. The van der Waals surface area contributed by atoms with Crippen molar-refractivity contribution < 1.29 is 19.4 Å². The smallest absolute Gasteiger partial charge is 0.306 e. The molecule has 0 amide bonds. The van der Waals surface area contributed by atoms with E-state index in [1.807, 2.05) is 19.1 Å². The van der Waals surface area contributed by atoms with Crippen LogP contribution >= 0.6 is 0 Å². The fraction of sp³-hybridized carbons (Fsp3) is 0.462. The summed E-state index contributed by atoms with van der Waals surface area (Å²) < 4.78 is 9.70. The van der Waals surface area contributed by atoms with E-state index in [9.17, 15) is 9.90 Å². The number of esters is 1. The van der Waals surface area contributed by atoms with Crippen molar-refractivity contribution in [1.82, 2.24) is 0 Å². The number of ether oxygens (including phenoxy) is 2. The van der Waals surface area contributed by atoms with E-state index in [0.717, 1.165) is 11.3 Å². The van der Waals surface area contributed by atoms with E-state index in [1.54, 1.807) is 19.2 Å². The molecule has 17 heavy (non-hydrogen) atoms. The van der Waals surface area contributed by atoms with E-state index >= 15 is 0 Å². The van der Waals surface area contributed by atoms with Crippen molar-refractivity contribution in [3.05, 3.63) is 29.8 Å². The van der Waals surface area contributed by atoms with Gasteiger partial charge in [-0.05, 0) is 17.7 Å². The van der Waals surface area contributed by atoms with Crippen LogP contribution in [0.2, 0.25) is 0 Å². The molecule has 1 unspecified atom stereocenters. The number of carbonyl (C=O) groups is 1. The maximum Gasteiger partial charge on any atom is 0.306 e. The molecule has 94 valence electrons. The van der Waals surface area contributed by atoms with Gasteiger partial charge in [0.25, 0.3) is 0 Å². The van der Waals surface area contributed by atoms with Crippen LogP contribution in [-0.4, -0.2) is 31.9 Å². The van der Waals surface area contributed by atoms with Crippen LogP contribution in [0.5, 0.6) is 5.75 Å². The number of rotatable bonds is 5. The lowest BCUT2D eigenvalue weighted by atomic mass is 9.80. The molecule has 4 heteroatoms. The van der Waals surface area contributed by atoms with E-state index < -0.39 is 5.41 Å². The summed E-state index contributed by atoms with van der Waals surface area (Å²) in [4.78, 5) is 11.3. The minimum absolute atomic E-state index is 0.117. The quantitative estimate of drug-likeness (QED) is 0.790. The van der Waals surface area contributed by atoms with Crippen molar-refractivity contribution in [2.24, 2.45) is 0 Å².